The Labute approximate surface area is 106 Å². The molecule has 0 aliphatic heterocycles. The van der Waals surface area contributed by atoms with Crippen molar-refractivity contribution in [2.24, 2.45) is 5.92 Å². The summed E-state index contributed by atoms with van der Waals surface area (Å²) in [5, 5.41) is 19.9. The zero-order chi connectivity index (χ0) is 12.9. The van der Waals surface area contributed by atoms with Gasteiger partial charge < -0.3 is 10.2 Å². The van der Waals surface area contributed by atoms with Gasteiger partial charge in [-0.15, -0.1) is 0 Å². The fourth-order valence-electron chi connectivity index (χ4n) is 2.86. The minimum absolute atomic E-state index is 0.236. The molecule has 0 spiro atoms. The predicted octanol–water partition coefficient (Wildman–Crippen LogP) is 2.02. The van der Waals surface area contributed by atoms with E-state index < -0.39 is 5.60 Å². The molecule has 1 aliphatic rings. The van der Waals surface area contributed by atoms with Crippen molar-refractivity contribution in [2.75, 3.05) is 19.6 Å². The average molecular weight is 243 g/mol. The van der Waals surface area contributed by atoms with E-state index in [4.69, 9.17) is 0 Å². The van der Waals surface area contributed by atoms with Crippen molar-refractivity contribution in [1.82, 2.24) is 4.90 Å². The maximum Gasteiger partial charge on any atom is 0.0718 e. The standard InChI is InChI=1S/C14H29NO2/c1-4-15(11-14(2,3)17)10-13(16)9-12-7-5-6-8-12/h12-13,16-17H,4-11H2,1-3H3. The summed E-state index contributed by atoms with van der Waals surface area (Å²) in [5.74, 6) is 0.728. The smallest absolute Gasteiger partial charge is 0.0718 e. The van der Waals surface area contributed by atoms with Crippen LogP contribution in [0, 0.1) is 5.92 Å². The van der Waals surface area contributed by atoms with E-state index in [2.05, 4.69) is 11.8 Å². The van der Waals surface area contributed by atoms with Gasteiger partial charge in [-0.25, -0.2) is 0 Å². The summed E-state index contributed by atoms with van der Waals surface area (Å²) in [5.41, 5.74) is -0.677. The number of hydrogen-bond acceptors (Lipinski definition) is 3. The van der Waals surface area contributed by atoms with E-state index in [-0.39, 0.29) is 6.10 Å². The third kappa shape index (κ3) is 6.39. The molecule has 1 fully saturated rings. The van der Waals surface area contributed by atoms with E-state index in [1.807, 2.05) is 13.8 Å². The second kappa shape index (κ2) is 6.72. The van der Waals surface area contributed by atoms with E-state index in [1.54, 1.807) is 0 Å². The third-order valence-electron chi connectivity index (χ3n) is 3.61. The number of aliphatic hydroxyl groups is 2. The molecular formula is C14H29NO2. The highest BCUT2D eigenvalue weighted by molar-refractivity contribution is 4.76. The highest BCUT2D eigenvalue weighted by Gasteiger charge is 2.22. The van der Waals surface area contributed by atoms with Crippen LogP contribution >= 0.6 is 0 Å². The molecule has 0 heterocycles. The number of rotatable bonds is 7. The second-order valence-corrected chi connectivity index (χ2v) is 6.18. The summed E-state index contributed by atoms with van der Waals surface area (Å²) in [6, 6.07) is 0. The maximum atomic E-state index is 10.1. The van der Waals surface area contributed by atoms with E-state index in [0.717, 1.165) is 18.9 Å². The van der Waals surface area contributed by atoms with Crippen LogP contribution in [0.4, 0.5) is 0 Å². The number of aliphatic hydroxyl groups excluding tert-OH is 1. The summed E-state index contributed by atoms with van der Waals surface area (Å²) >= 11 is 0. The largest absolute Gasteiger partial charge is 0.392 e. The lowest BCUT2D eigenvalue weighted by Crippen LogP contribution is -2.42. The van der Waals surface area contributed by atoms with Crippen LogP contribution in [0.1, 0.15) is 52.9 Å². The first-order chi connectivity index (χ1) is 7.90. The van der Waals surface area contributed by atoms with Crippen molar-refractivity contribution in [3.05, 3.63) is 0 Å². The van der Waals surface area contributed by atoms with Gasteiger partial charge in [-0.1, -0.05) is 32.6 Å². The fraction of sp³-hybridized carbons (Fsp3) is 1.00. The first-order valence-electron chi connectivity index (χ1n) is 7.03. The van der Waals surface area contributed by atoms with Crippen molar-refractivity contribution in [1.29, 1.82) is 0 Å². The lowest BCUT2D eigenvalue weighted by molar-refractivity contribution is 0.0166. The van der Waals surface area contributed by atoms with Gasteiger partial charge in [0, 0.05) is 13.1 Å². The van der Waals surface area contributed by atoms with Gasteiger partial charge in [0.05, 0.1) is 11.7 Å². The zero-order valence-corrected chi connectivity index (χ0v) is 11.7. The minimum Gasteiger partial charge on any atom is -0.392 e. The molecule has 0 aromatic rings. The topological polar surface area (TPSA) is 43.7 Å². The summed E-state index contributed by atoms with van der Waals surface area (Å²) in [6.07, 6.45) is 5.93. The molecule has 102 valence electrons. The van der Waals surface area contributed by atoms with E-state index in [9.17, 15) is 10.2 Å². The summed E-state index contributed by atoms with van der Waals surface area (Å²) in [4.78, 5) is 2.14. The van der Waals surface area contributed by atoms with Crippen LogP contribution in [0.5, 0.6) is 0 Å². The van der Waals surface area contributed by atoms with Crippen LogP contribution in [0.2, 0.25) is 0 Å². The Bertz CT molecular complexity index is 207. The number of likely N-dealkylation sites (N-methyl/N-ethyl adjacent to an activating group) is 1. The summed E-state index contributed by atoms with van der Waals surface area (Å²) in [7, 11) is 0. The van der Waals surface area contributed by atoms with E-state index >= 15 is 0 Å². The Morgan fingerprint density at radius 1 is 1.29 bits per heavy atom. The Kier molecular flexibility index (Phi) is 5.90. The first-order valence-corrected chi connectivity index (χ1v) is 7.03. The molecule has 3 nitrogen and oxygen atoms in total. The summed E-state index contributed by atoms with van der Waals surface area (Å²) < 4.78 is 0. The van der Waals surface area contributed by atoms with Crippen molar-refractivity contribution in [2.45, 2.75) is 64.6 Å². The molecule has 0 radical (unpaired) electrons. The third-order valence-corrected chi connectivity index (χ3v) is 3.61. The van der Waals surface area contributed by atoms with Crippen LogP contribution in [0.15, 0.2) is 0 Å². The molecule has 0 saturated heterocycles. The monoisotopic (exact) mass is 243 g/mol. The quantitative estimate of drug-likeness (QED) is 0.719. The molecule has 17 heavy (non-hydrogen) atoms. The highest BCUT2D eigenvalue weighted by Crippen LogP contribution is 2.28. The number of nitrogens with zero attached hydrogens (tertiary/aromatic N) is 1. The van der Waals surface area contributed by atoms with Gasteiger partial charge in [-0.05, 0) is 32.7 Å². The van der Waals surface area contributed by atoms with Crippen LogP contribution in [0.25, 0.3) is 0 Å². The SMILES string of the molecule is CCN(CC(O)CC1CCCC1)CC(C)(C)O. The molecule has 2 N–H and O–H groups in total. The molecule has 3 heteroatoms. The van der Waals surface area contributed by atoms with Crippen molar-refractivity contribution >= 4 is 0 Å². The van der Waals surface area contributed by atoms with Gasteiger partial charge in [-0.2, -0.15) is 0 Å². The highest BCUT2D eigenvalue weighted by atomic mass is 16.3. The normalized spacial score (nSPS) is 20.1. The van der Waals surface area contributed by atoms with Gasteiger partial charge in [0.1, 0.15) is 0 Å². The Morgan fingerprint density at radius 2 is 1.88 bits per heavy atom. The molecule has 1 aliphatic carbocycles. The lowest BCUT2D eigenvalue weighted by atomic mass is 9.99. The molecule has 0 aromatic heterocycles. The molecule has 1 atom stereocenters. The molecule has 0 bridgehead atoms. The van der Waals surface area contributed by atoms with Crippen molar-refractivity contribution < 1.29 is 10.2 Å². The van der Waals surface area contributed by atoms with Crippen LogP contribution < -0.4 is 0 Å². The van der Waals surface area contributed by atoms with Crippen molar-refractivity contribution in [3.8, 4) is 0 Å². The maximum absolute atomic E-state index is 10.1. The molecule has 1 rings (SSSR count). The first kappa shape index (κ1) is 14.9. The van der Waals surface area contributed by atoms with Gasteiger partial charge in [0.25, 0.3) is 0 Å². The Hall–Kier alpha value is -0.120. The Balaban J connectivity index is 2.28. The van der Waals surface area contributed by atoms with Crippen LogP contribution in [0.3, 0.4) is 0 Å². The van der Waals surface area contributed by atoms with E-state index in [1.165, 1.54) is 25.7 Å². The summed E-state index contributed by atoms with van der Waals surface area (Å²) in [6.45, 7) is 7.92. The molecule has 1 unspecified atom stereocenters. The molecule has 0 aromatic carbocycles. The van der Waals surface area contributed by atoms with Gasteiger partial charge in [0.2, 0.25) is 0 Å². The lowest BCUT2D eigenvalue weighted by Gasteiger charge is -2.30. The molecular weight excluding hydrogens is 214 g/mol. The van der Waals surface area contributed by atoms with Gasteiger partial charge in [-0.3, -0.25) is 4.90 Å². The van der Waals surface area contributed by atoms with Gasteiger partial charge >= 0.3 is 0 Å². The number of hydrogen-bond donors (Lipinski definition) is 2. The zero-order valence-electron chi connectivity index (χ0n) is 11.7. The predicted molar refractivity (Wildman–Crippen MR) is 71.0 cm³/mol. The van der Waals surface area contributed by atoms with Crippen LogP contribution in [-0.2, 0) is 0 Å². The second-order valence-electron chi connectivity index (χ2n) is 6.18. The molecule has 1 saturated carbocycles. The minimum atomic E-state index is -0.677. The Morgan fingerprint density at radius 3 is 2.35 bits per heavy atom. The van der Waals surface area contributed by atoms with E-state index in [0.29, 0.717) is 13.1 Å². The average Bonchev–Trinajstić information content (AvgIpc) is 2.67. The van der Waals surface area contributed by atoms with Crippen molar-refractivity contribution in [3.63, 3.8) is 0 Å². The van der Waals surface area contributed by atoms with Crippen LogP contribution in [-0.4, -0.2) is 46.5 Å². The van der Waals surface area contributed by atoms with Gasteiger partial charge in [0.15, 0.2) is 0 Å². The molecule has 0 amide bonds. The fourth-order valence-corrected chi connectivity index (χ4v) is 2.86.